The van der Waals surface area contributed by atoms with Gasteiger partial charge in [0.25, 0.3) is 0 Å². The van der Waals surface area contributed by atoms with Gasteiger partial charge >= 0.3 is 0 Å². The second-order valence-corrected chi connectivity index (χ2v) is 8.45. The predicted octanol–water partition coefficient (Wildman–Crippen LogP) is 3.27. The van der Waals surface area contributed by atoms with E-state index in [0.717, 1.165) is 12.8 Å². The van der Waals surface area contributed by atoms with E-state index in [1.54, 1.807) is 61.7 Å². The molecule has 0 aliphatic carbocycles. The fraction of sp³-hybridized carbons (Fsp3) is 0.350. The summed E-state index contributed by atoms with van der Waals surface area (Å²) >= 11 is 0. The topological polar surface area (TPSA) is 75.7 Å². The molecule has 1 N–H and O–H groups in total. The van der Waals surface area contributed by atoms with Gasteiger partial charge < -0.3 is 10.1 Å². The summed E-state index contributed by atoms with van der Waals surface area (Å²) in [6, 6.07) is 15.1. The fourth-order valence-electron chi connectivity index (χ4n) is 3.32. The molecular weight excluding hydrogens is 364 g/mol. The van der Waals surface area contributed by atoms with Gasteiger partial charge in [0.2, 0.25) is 15.9 Å². The molecule has 0 radical (unpaired) electrons. The minimum absolute atomic E-state index is 0.137. The zero-order valence-electron chi connectivity index (χ0n) is 15.3. The molecule has 1 fully saturated rings. The maximum atomic E-state index is 13.0. The van der Waals surface area contributed by atoms with Crippen LogP contribution in [0, 0.1) is 0 Å². The first kappa shape index (κ1) is 19.4. The molecule has 1 unspecified atom stereocenters. The van der Waals surface area contributed by atoms with E-state index in [4.69, 9.17) is 4.74 Å². The number of benzene rings is 2. The number of sulfonamides is 1. The van der Waals surface area contributed by atoms with E-state index < -0.39 is 10.0 Å². The molecule has 1 aliphatic rings. The maximum absolute atomic E-state index is 13.0. The zero-order valence-corrected chi connectivity index (χ0v) is 16.1. The van der Waals surface area contributed by atoms with Crippen molar-refractivity contribution in [2.24, 2.45) is 0 Å². The molecule has 0 bridgehead atoms. The van der Waals surface area contributed by atoms with Gasteiger partial charge in [0.05, 0.1) is 12.0 Å². The lowest BCUT2D eigenvalue weighted by Gasteiger charge is -2.34. The summed E-state index contributed by atoms with van der Waals surface area (Å²) in [7, 11) is -2.02. The van der Waals surface area contributed by atoms with Gasteiger partial charge in [0.15, 0.2) is 0 Å². The highest BCUT2D eigenvalue weighted by molar-refractivity contribution is 7.89. The average molecular weight is 388 g/mol. The molecule has 3 rings (SSSR count). The van der Waals surface area contributed by atoms with Crippen molar-refractivity contribution in [2.45, 2.75) is 36.6 Å². The highest BCUT2D eigenvalue weighted by atomic mass is 32.2. The van der Waals surface area contributed by atoms with Crippen LogP contribution in [0.3, 0.4) is 0 Å². The lowest BCUT2D eigenvalue weighted by molar-refractivity contribution is -0.117. The van der Waals surface area contributed by atoms with E-state index in [-0.39, 0.29) is 23.3 Å². The van der Waals surface area contributed by atoms with E-state index in [1.807, 2.05) is 0 Å². The number of carbonyl (C=O) groups excluding carboxylic acids is 1. The lowest BCUT2D eigenvalue weighted by Crippen LogP contribution is -2.45. The number of anilines is 1. The van der Waals surface area contributed by atoms with Crippen LogP contribution in [0.15, 0.2) is 59.5 Å². The van der Waals surface area contributed by atoms with Crippen LogP contribution in [-0.4, -0.2) is 38.3 Å². The van der Waals surface area contributed by atoms with Crippen LogP contribution >= 0.6 is 0 Å². The Bertz CT molecular complexity index is 867. The first-order valence-electron chi connectivity index (χ1n) is 9.01. The van der Waals surface area contributed by atoms with Gasteiger partial charge in [-0.05, 0) is 49.2 Å². The summed E-state index contributed by atoms with van der Waals surface area (Å²) in [5.74, 6) is 0.515. The van der Waals surface area contributed by atoms with Crippen LogP contribution in [0.25, 0.3) is 0 Å². The first-order chi connectivity index (χ1) is 13.0. The van der Waals surface area contributed by atoms with E-state index >= 15 is 0 Å². The van der Waals surface area contributed by atoms with Gasteiger partial charge in [0, 0.05) is 24.7 Å². The van der Waals surface area contributed by atoms with Crippen molar-refractivity contribution in [1.29, 1.82) is 0 Å². The third-order valence-electron chi connectivity index (χ3n) is 4.72. The molecule has 1 amide bonds. The molecule has 7 heteroatoms. The van der Waals surface area contributed by atoms with Crippen molar-refractivity contribution in [2.75, 3.05) is 19.0 Å². The molecule has 144 valence electrons. The number of hydrogen-bond acceptors (Lipinski definition) is 4. The molecule has 0 saturated carbocycles. The third kappa shape index (κ3) is 4.67. The van der Waals surface area contributed by atoms with Gasteiger partial charge in [-0.15, -0.1) is 0 Å². The Kier molecular flexibility index (Phi) is 6.13. The largest absolute Gasteiger partial charge is 0.497 e. The zero-order chi connectivity index (χ0) is 19.3. The Labute approximate surface area is 160 Å². The summed E-state index contributed by atoms with van der Waals surface area (Å²) < 4.78 is 32.6. The molecule has 1 heterocycles. The maximum Gasteiger partial charge on any atom is 0.243 e. The molecule has 1 atom stereocenters. The van der Waals surface area contributed by atoms with Gasteiger partial charge in [-0.1, -0.05) is 24.6 Å². The van der Waals surface area contributed by atoms with Crippen molar-refractivity contribution < 1.29 is 17.9 Å². The molecule has 1 aliphatic heterocycles. The summed E-state index contributed by atoms with van der Waals surface area (Å²) in [6.45, 7) is 0.442. The standard InChI is InChI=1S/C20H24N2O4S/c1-26-18-12-10-16(11-13-18)21-20(23)15-17-7-5-6-14-22(17)27(24,25)19-8-3-2-4-9-19/h2-4,8-13,17H,5-7,14-15H2,1H3,(H,21,23). The van der Waals surface area contributed by atoms with Gasteiger partial charge in [-0.2, -0.15) is 4.31 Å². The quantitative estimate of drug-likeness (QED) is 0.824. The highest BCUT2D eigenvalue weighted by Gasteiger charge is 2.34. The Morgan fingerprint density at radius 2 is 1.81 bits per heavy atom. The molecule has 2 aromatic rings. The van der Waals surface area contributed by atoms with Gasteiger partial charge in [-0.3, -0.25) is 4.79 Å². The molecular formula is C20H24N2O4S. The van der Waals surface area contributed by atoms with Gasteiger partial charge in [0.1, 0.15) is 5.75 Å². The van der Waals surface area contributed by atoms with Crippen LogP contribution in [0.2, 0.25) is 0 Å². The van der Waals surface area contributed by atoms with Crippen molar-refractivity contribution in [3.8, 4) is 5.75 Å². The highest BCUT2D eigenvalue weighted by Crippen LogP contribution is 2.27. The van der Waals surface area contributed by atoms with Gasteiger partial charge in [-0.25, -0.2) is 8.42 Å². The lowest BCUT2D eigenvalue weighted by atomic mass is 10.0. The van der Waals surface area contributed by atoms with E-state index in [0.29, 0.717) is 24.4 Å². The number of ether oxygens (including phenoxy) is 1. The molecule has 6 nitrogen and oxygen atoms in total. The smallest absolute Gasteiger partial charge is 0.243 e. The number of hydrogen-bond donors (Lipinski definition) is 1. The molecule has 27 heavy (non-hydrogen) atoms. The Hall–Kier alpha value is -2.38. The van der Waals surface area contributed by atoms with E-state index in [1.165, 1.54) is 4.31 Å². The number of amides is 1. The van der Waals surface area contributed by atoms with Crippen LogP contribution in [0.1, 0.15) is 25.7 Å². The second kappa shape index (κ2) is 8.54. The number of nitrogens with zero attached hydrogens (tertiary/aromatic N) is 1. The van der Waals surface area contributed by atoms with Crippen molar-refractivity contribution in [3.63, 3.8) is 0 Å². The summed E-state index contributed by atoms with van der Waals surface area (Å²) in [6.07, 6.45) is 2.55. The van der Waals surface area contributed by atoms with Crippen LogP contribution in [0.4, 0.5) is 5.69 Å². The number of piperidine rings is 1. The first-order valence-corrected chi connectivity index (χ1v) is 10.5. The fourth-order valence-corrected chi connectivity index (χ4v) is 5.04. The van der Waals surface area contributed by atoms with Crippen molar-refractivity contribution in [3.05, 3.63) is 54.6 Å². The van der Waals surface area contributed by atoms with E-state index in [2.05, 4.69) is 5.32 Å². The minimum Gasteiger partial charge on any atom is -0.497 e. The molecule has 1 saturated heterocycles. The summed E-state index contributed by atoms with van der Waals surface area (Å²) in [5.41, 5.74) is 0.661. The third-order valence-corrected chi connectivity index (χ3v) is 6.68. The summed E-state index contributed by atoms with van der Waals surface area (Å²) in [4.78, 5) is 12.8. The predicted molar refractivity (Wildman–Crippen MR) is 104 cm³/mol. The van der Waals surface area contributed by atoms with Crippen LogP contribution in [-0.2, 0) is 14.8 Å². The van der Waals surface area contributed by atoms with E-state index in [9.17, 15) is 13.2 Å². The second-order valence-electron chi connectivity index (χ2n) is 6.56. The minimum atomic E-state index is -3.60. The number of methoxy groups -OCH3 is 1. The monoisotopic (exact) mass is 388 g/mol. The molecule has 0 aromatic heterocycles. The van der Waals surface area contributed by atoms with Crippen LogP contribution < -0.4 is 10.1 Å². The Morgan fingerprint density at radius 1 is 1.11 bits per heavy atom. The van der Waals surface area contributed by atoms with Crippen molar-refractivity contribution in [1.82, 2.24) is 4.31 Å². The van der Waals surface area contributed by atoms with Crippen LogP contribution in [0.5, 0.6) is 5.75 Å². The summed E-state index contributed by atoms with van der Waals surface area (Å²) in [5, 5.41) is 2.84. The molecule has 2 aromatic carbocycles. The van der Waals surface area contributed by atoms with Crippen molar-refractivity contribution >= 4 is 21.6 Å². The SMILES string of the molecule is COc1ccc(NC(=O)CC2CCCCN2S(=O)(=O)c2ccccc2)cc1. The number of nitrogens with one attached hydrogen (secondary N) is 1. The molecule has 0 spiro atoms. The number of carbonyl (C=O) groups is 1. The number of rotatable bonds is 6. The average Bonchev–Trinajstić information content (AvgIpc) is 2.69. The Morgan fingerprint density at radius 3 is 2.48 bits per heavy atom. The normalized spacial score (nSPS) is 18.0. The Balaban J connectivity index is 1.70.